The Balaban J connectivity index is 1.59. The van der Waals surface area contributed by atoms with E-state index in [2.05, 4.69) is 9.89 Å². The van der Waals surface area contributed by atoms with Crippen LogP contribution in [0.25, 0.3) is 11.3 Å². The number of hydrogen-bond donors (Lipinski definition) is 0. The second-order valence-electron chi connectivity index (χ2n) is 7.07. The third-order valence-electron chi connectivity index (χ3n) is 5.08. The number of ketones is 1. The van der Waals surface area contributed by atoms with Crippen molar-refractivity contribution in [1.82, 2.24) is 5.16 Å². The van der Waals surface area contributed by atoms with Crippen molar-refractivity contribution in [2.75, 3.05) is 0 Å². The highest BCUT2D eigenvalue weighted by Gasteiger charge is 2.34. The van der Waals surface area contributed by atoms with Gasteiger partial charge >= 0.3 is 6.61 Å². The summed E-state index contributed by atoms with van der Waals surface area (Å²) < 4.78 is 41.8. The summed E-state index contributed by atoms with van der Waals surface area (Å²) in [5.41, 5.74) is 1.74. The van der Waals surface area contributed by atoms with Gasteiger partial charge in [0.05, 0.1) is 12.7 Å². The fourth-order valence-electron chi connectivity index (χ4n) is 3.48. The van der Waals surface area contributed by atoms with Gasteiger partial charge in [-0.1, -0.05) is 17.3 Å². The molecule has 0 aliphatic heterocycles. The lowest BCUT2D eigenvalue weighted by molar-refractivity contribution is -0.123. The first-order chi connectivity index (χ1) is 13.1. The summed E-state index contributed by atoms with van der Waals surface area (Å²) in [6.45, 7) is -2.63. The molecule has 2 aliphatic carbocycles. The zero-order valence-corrected chi connectivity index (χ0v) is 14.8. The average Bonchev–Trinajstić information content (AvgIpc) is 3.41. The minimum absolute atomic E-state index is 0.0186. The van der Waals surface area contributed by atoms with Crippen LogP contribution in [-0.4, -0.2) is 23.7 Å². The molecule has 1 aromatic carbocycles. The van der Waals surface area contributed by atoms with Crippen LogP contribution < -0.4 is 4.74 Å². The highest BCUT2D eigenvalue weighted by Crippen LogP contribution is 2.45. The molecule has 1 aromatic heterocycles. The molecule has 4 rings (SSSR count). The lowest BCUT2D eigenvalue weighted by Crippen LogP contribution is -2.21. The zero-order valence-electron chi connectivity index (χ0n) is 14.8. The topological polar surface area (TPSA) is 61.6 Å². The monoisotopic (exact) mass is 377 g/mol. The van der Waals surface area contributed by atoms with Crippen LogP contribution in [0.15, 0.2) is 28.8 Å². The first-order valence-electron chi connectivity index (χ1n) is 9.27. The highest BCUT2D eigenvalue weighted by atomic mass is 19.3. The molecule has 0 radical (unpaired) electrons. The van der Waals surface area contributed by atoms with E-state index in [9.17, 15) is 13.6 Å². The van der Waals surface area contributed by atoms with E-state index in [1.165, 1.54) is 6.07 Å². The number of alkyl halides is 2. The lowest BCUT2D eigenvalue weighted by Gasteiger charge is -2.21. The largest absolute Gasteiger partial charge is 0.434 e. The van der Waals surface area contributed by atoms with Crippen LogP contribution in [0, 0.1) is 0 Å². The van der Waals surface area contributed by atoms with Gasteiger partial charge in [0, 0.05) is 29.9 Å². The molecule has 0 bridgehead atoms. The Hall–Kier alpha value is -2.28. The van der Waals surface area contributed by atoms with E-state index >= 15 is 0 Å². The van der Waals surface area contributed by atoms with Gasteiger partial charge < -0.3 is 14.0 Å². The smallest absolute Gasteiger partial charge is 0.387 e. The first-order valence-corrected chi connectivity index (χ1v) is 9.27. The van der Waals surface area contributed by atoms with E-state index in [-0.39, 0.29) is 24.2 Å². The molecule has 2 saturated carbocycles. The second kappa shape index (κ2) is 7.76. The van der Waals surface area contributed by atoms with Crippen molar-refractivity contribution in [3.63, 3.8) is 0 Å². The molecule has 2 fully saturated rings. The van der Waals surface area contributed by atoms with Gasteiger partial charge in [-0.2, -0.15) is 8.78 Å². The van der Waals surface area contributed by atoms with Crippen LogP contribution in [0.1, 0.15) is 55.8 Å². The number of carbonyl (C=O) groups is 1. The van der Waals surface area contributed by atoms with Gasteiger partial charge in [-0.25, -0.2) is 0 Å². The third-order valence-corrected chi connectivity index (χ3v) is 5.08. The Bertz CT molecular complexity index is 806. The zero-order chi connectivity index (χ0) is 18.8. The van der Waals surface area contributed by atoms with E-state index in [4.69, 9.17) is 9.26 Å². The summed E-state index contributed by atoms with van der Waals surface area (Å²) >= 11 is 0. The number of hydrogen-bond acceptors (Lipinski definition) is 5. The van der Waals surface area contributed by atoms with Gasteiger partial charge in [0.15, 0.2) is 0 Å². The normalized spacial score (nSPS) is 18.3. The second-order valence-corrected chi connectivity index (χ2v) is 7.07. The fourth-order valence-corrected chi connectivity index (χ4v) is 3.48. The number of aromatic nitrogens is 1. The lowest BCUT2D eigenvalue weighted by atomic mass is 9.96. The predicted octanol–water partition coefficient (Wildman–Crippen LogP) is 4.85. The molecule has 2 aromatic rings. The van der Waals surface area contributed by atoms with Crippen molar-refractivity contribution >= 4 is 5.78 Å². The third kappa shape index (κ3) is 4.18. The summed E-state index contributed by atoms with van der Waals surface area (Å²) in [7, 11) is 0. The maximum atomic E-state index is 12.8. The summed E-state index contributed by atoms with van der Waals surface area (Å²) in [4.78, 5) is 11.4. The Morgan fingerprint density at radius 1 is 1.15 bits per heavy atom. The number of benzene rings is 1. The summed E-state index contributed by atoms with van der Waals surface area (Å²) in [6.07, 6.45) is 4.57. The van der Waals surface area contributed by atoms with Crippen molar-refractivity contribution in [1.29, 1.82) is 0 Å². The van der Waals surface area contributed by atoms with Crippen LogP contribution >= 0.6 is 0 Å². The van der Waals surface area contributed by atoms with E-state index in [0.29, 0.717) is 42.9 Å². The minimum Gasteiger partial charge on any atom is -0.434 e. The van der Waals surface area contributed by atoms with Gasteiger partial charge in [0.1, 0.15) is 23.0 Å². The molecule has 0 N–H and O–H groups in total. The molecule has 2 aliphatic rings. The van der Waals surface area contributed by atoms with Gasteiger partial charge in [-0.05, 0) is 37.8 Å². The summed E-state index contributed by atoms with van der Waals surface area (Å²) in [5, 5.41) is 4.16. The number of nitrogens with zero attached hydrogens (tertiary/aromatic N) is 1. The van der Waals surface area contributed by atoms with Crippen LogP contribution in [0.5, 0.6) is 5.75 Å². The summed E-state index contributed by atoms with van der Waals surface area (Å²) in [5.74, 6) is 1.41. The van der Waals surface area contributed by atoms with Gasteiger partial charge in [0.2, 0.25) is 0 Å². The fraction of sp³-hybridized carbons (Fsp3) is 0.500. The SMILES string of the molecule is O=C1CCC(OCc2c(-c3ccccc3OC(F)F)noc2C2CC2)CC1. The molecule has 0 atom stereocenters. The molecule has 144 valence electrons. The van der Waals surface area contributed by atoms with Crippen LogP contribution in [0.3, 0.4) is 0 Å². The highest BCUT2D eigenvalue weighted by molar-refractivity contribution is 5.79. The van der Waals surface area contributed by atoms with Crippen molar-refractivity contribution in [2.45, 2.75) is 63.8 Å². The van der Waals surface area contributed by atoms with Crippen LogP contribution in [0.2, 0.25) is 0 Å². The molecule has 27 heavy (non-hydrogen) atoms. The molecule has 1 heterocycles. The summed E-state index contributed by atoms with van der Waals surface area (Å²) in [6, 6.07) is 6.56. The van der Waals surface area contributed by atoms with Crippen LogP contribution in [-0.2, 0) is 16.1 Å². The molecule has 0 spiro atoms. The Kier molecular flexibility index (Phi) is 5.20. The Labute approximate surface area is 155 Å². The minimum atomic E-state index is -2.92. The van der Waals surface area contributed by atoms with Crippen molar-refractivity contribution in [2.24, 2.45) is 0 Å². The molecular weight excluding hydrogens is 356 g/mol. The number of halogens is 2. The Morgan fingerprint density at radius 3 is 2.59 bits per heavy atom. The maximum Gasteiger partial charge on any atom is 0.387 e. The van der Waals surface area contributed by atoms with E-state index in [1.807, 2.05) is 0 Å². The molecule has 5 nitrogen and oxygen atoms in total. The van der Waals surface area contributed by atoms with Gasteiger partial charge in [-0.3, -0.25) is 4.79 Å². The number of carbonyl (C=O) groups excluding carboxylic acids is 1. The average molecular weight is 377 g/mol. The van der Waals surface area contributed by atoms with Gasteiger partial charge in [0.25, 0.3) is 0 Å². The first kappa shape index (κ1) is 18.1. The standard InChI is InChI=1S/C20H21F2NO4/c21-20(22)26-17-4-2-1-3-15(17)18-16(19(27-23-18)12-5-6-12)11-25-14-9-7-13(24)8-10-14/h1-4,12,14,20H,5-11H2. The van der Waals surface area contributed by atoms with Crippen LogP contribution in [0.4, 0.5) is 8.78 Å². The number of Topliss-reactive ketones (excluding diaryl/α,β-unsaturated/α-hetero) is 1. The van der Waals surface area contributed by atoms with Gasteiger partial charge in [-0.15, -0.1) is 0 Å². The molecular formula is C20H21F2NO4. The van der Waals surface area contributed by atoms with E-state index in [1.54, 1.807) is 18.2 Å². The maximum absolute atomic E-state index is 12.8. The molecule has 0 amide bonds. The quantitative estimate of drug-likeness (QED) is 0.690. The van der Waals surface area contributed by atoms with E-state index < -0.39 is 6.61 Å². The molecule has 7 heteroatoms. The van der Waals surface area contributed by atoms with Crippen molar-refractivity contribution in [3.05, 3.63) is 35.6 Å². The van der Waals surface area contributed by atoms with Crippen molar-refractivity contribution < 1.29 is 27.6 Å². The van der Waals surface area contributed by atoms with E-state index in [0.717, 1.165) is 24.2 Å². The number of rotatable bonds is 7. The molecule has 0 unspecified atom stereocenters. The Morgan fingerprint density at radius 2 is 1.89 bits per heavy atom. The number of ether oxygens (including phenoxy) is 2. The molecule has 0 saturated heterocycles. The number of para-hydroxylation sites is 1. The predicted molar refractivity (Wildman–Crippen MR) is 92.6 cm³/mol. The van der Waals surface area contributed by atoms with Crippen molar-refractivity contribution in [3.8, 4) is 17.0 Å².